The van der Waals surface area contributed by atoms with E-state index in [1.54, 1.807) is 29.5 Å². The van der Waals surface area contributed by atoms with Gasteiger partial charge in [-0.2, -0.15) is 0 Å². The molecule has 3 amide bonds. The third-order valence-electron chi connectivity index (χ3n) is 5.08. The lowest BCUT2D eigenvalue weighted by molar-refractivity contribution is -0.384. The Labute approximate surface area is 188 Å². The number of imide groups is 1. The first-order valence-corrected chi connectivity index (χ1v) is 11.1. The number of para-hydroxylation sites is 2. The number of nitro benzene ring substituents is 1. The number of thiophene rings is 1. The molecule has 0 spiro atoms. The van der Waals surface area contributed by atoms with E-state index < -0.39 is 35.4 Å². The van der Waals surface area contributed by atoms with E-state index in [9.17, 15) is 24.5 Å². The van der Waals surface area contributed by atoms with Gasteiger partial charge < -0.3 is 15.0 Å². The second-order valence-corrected chi connectivity index (χ2v) is 8.28. The number of amides is 3. The molecule has 1 fully saturated rings. The Morgan fingerprint density at radius 2 is 1.91 bits per heavy atom. The maximum absolute atomic E-state index is 12.3. The number of urea groups is 1. The summed E-state index contributed by atoms with van der Waals surface area (Å²) in [5, 5.41) is 17.9. The largest absolute Gasteiger partial charge is 0.455 e. The molecule has 1 aromatic carbocycles. The molecule has 0 atom stereocenters. The highest BCUT2D eigenvalue weighted by atomic mass is 32.1. The molecule has 1 saturated heterocycles. The number of anilines is 1. The second kappa shape index (κ2) is 11.2. The fourth-order valence-electron chi connectivity index (χ4n) is 3.46. The normalized spacial score (nSPS) is 13.9. The Balaban J connectivity index is 1.36. The molecule has 2 heterocycles. The lowest BCUT2D eigenvalue weighted by Crippen LogP contribution is -2.42. The quantitative estimate of drug-likeness (QED) is 0.351. The van der Waals surface area contributed by atoms with Crippen LogP contribution < -0.4 is 15.5 Å². The van der Waals surface area contributed by atoms with E-state index in [2.05, 4.69) is 10.6 Å². The monoisotopic (exact) mass is 460 g/mol. The van der Waals surface area contributed by atoms with Crippen molar-refractivity contribution in [2.24, 2.45) is 5.92 Å². The van der Waals surface area contributed by atoms with E-state index in [1.807, 2.05) is 22.4 Å². The molecule has 1 aliphatic rings. The van der Waals surface area contributed by atoms with Crippen molar-refractivity contribution in [3.05, 3.63) is 56.8 Å². The Morgan fingerprint density at radius 1 is 1.16 bits per heavy atom. The summed E-state index contributed by atoms with van der Waals surface area (Å²) in [5.41, 5.74) is 0.549. The van der Waals surface area contributed by atoms with Gasteiger partial charge in [0.15, 0.2) is 6.61 Å². The molecule has 0 radical (unpaired) electrons. The fourth-order valence-corrected chi connectivity index (χ4v) is 4.17. The van der Waals surface area contributed by atoms with Crippen molar-refractivity contribution in [1.82, 2.24) is 10.6 Å². The van der Waals surface area contributed by atoms with Crippen molar-refractivity contribution in [2.75, 3.05) is 31.1 Å². The van der Waals surface area contributed by atoms with Crippen LogP contribution in [0.3, 0.4) is 0 Å². The van der Waals surface area contributed by atoms with Gasteiger partial charge in [0.05, 0.1) is 10.8 Å². The van der Waals surface area contributed by atoms with E-state index in [0.717, 1.165) is 4.88 Å². The molecule has 0 bridgehead atoms. The van der Waals surface area contributed by atoms with Crippen molar-refractivity contribution in [2.45, 2.75) is 19.3 Å². The van der Waals surface area contributed by atoms with Crippen LogP contribution >= 0.6 is 11.3 Å². The average Bonchev–Trinajstić information content (AvgIpc) is 3.31. The molecule has 2 aromatic rings. The van der Waals surface area contributed by atoms with Crippen molar-refractivity contribution in [1.29, 1.82) is 0 Å². The summed E-state index contributed by atoms with van der Waals surface area (Å²) < 4.78 is 5.05. The van der Waals surface area contributed by atoms with Crippen LogP contribution in [0.1, 0.15) is 17.7 Å². The summed E-state index contributed by atoms with van der Waals surface area (Å²) in [4.78, 5) is 49.7. The first-order chi connectivity index (χ1) is 15.4. The summed E-state index contributed by atoms with van der Waals surface area (Å²) in [6.07, 6.45) is 1.57. The van der Waals surface area contributed by atoms with Crippen LogP contribution in [0.15, 0.2) is 41.8 Å². The molecule has 0 unspecified atom stereocenters. The molecular formula is C21H24N4O6S. The number of esters is 1. The first kappa shape index (κ1) is 23.2. The zero-order valence-electron chi connectivity index (χ0n) is 17.3. The molecule has 10 nitrogen and oxygen atoms in total. The van der Waals surface area contributed by atoms with Gasteiger partial charge in [-0.1, -0.05) is 18.2 Å². The number of hydrogen-bond acceptors (Lipinski definition) is 8. The molecule has 0 aliphatic carbocycles. The minimum Gasteiger partial charge on any atom is -0.455 e. The van der Waals surface area contributed by atoms with Crippen LogP contribution in [0.2, 0.25) is 0 Å². The highest BCUT2D eigenvalue weighted by Crippen LogP contribution is 2.31. The molecule has 0 saturated carbocycles. The zero-order valence-corrected chi connectivity index (χ0v) is 18.1. The first-order valence-electron chi connectivity index (χ1n) is 10.2. The van der Waals surface area contributed by atoms with E-state index in [-0.39, 0.29) is 5.69 Å². The molecule has 1 aromatic heterocycles. The van der Waals surface area contributed by atoms with Crippen LogP contribution in [-0.4, -0.2) is 49.1 Å². The molecular weight excluding hydrogens is 436 g/mol. The molecule has 2 N–H and O–H groups in total. The number of piperidine rings is 1. The number of rotatable bonds is 8. The van der Waals surface area contributed by atoms with Crippen molar-refractivity contribution >= 4 is 40.6 Å². The summed E-state index contributed by atoms with van der Waals surface area (Å²) in [6.45, 7) is 0.770. The lowest BCUT2D eigenvalue weighted by atomic mass is 9.96. The predicted molar refractivity (Wildman–Crippen MR) is 119 cm³/mol. The van der Waals surface area contributed by atoms with E-state index in [1.165, 1.54) is 6.07 Å². The second-order valence-electron chi connectivity index (χ2n) is 7.25. The molecule has 11 heteroatoms. The number of carbonyl (C=O) groups excluding carboxylic acids is 3. The average molecular weight is 461 g/mol. The zero-order chi connectivity index (χ0) is 22.9. The fraction of sp³-hybridized carbons (Fsp3) is 0.381. The van der Waals surface area contributed by atoms with Crippen LogP contribution in [0.25, 0.3) is 0 Å². The topological polar surface area (TPSA) is 131 Å². The summed E-state index contributed by atoms with van der Waals surface area (Å²) >= 11 is 1.58. The van der Waals surface area contributed by atoms with E-state index >= 15 is 0 Å². The number of benzene rings is 1. The van der Waals surface area contributed by atoms with Crippen LogP contribution in [0, 0.1) is 16.0 Å². The third-order valence-corrected chi connectivity index (χ3v) is 6.02. The van der Waals surface area contributed by atoms with Gasteiger partial charge in [0.2, 0.25) is 0 Å². The maximum atomic E-state index is 12.3. The highest BCUT2D eigenvalue weighted by molar-refractivity contribution is 7.09. The molecule has 170 valence electrons. The molecule has 32 heavy (non-hydrogen) atoms. The van der Waals surface area contributed by atoms with Crippen molar-refractivity contribution < 1.29 is 24.0 Å². The van der Waals surface area contributed by atoms with Crippen molar-refractivity contribution in [3.63, 3.8) is 0 Å². The molecule has 1 aliphatic heterocycles. The SMILES string of the molecule is O=C(COC(=O)C1CCN(c2ccccc2[N+](=O)[O-])CC1)NC(=O)NCCc1cccs1. The van der Waals surface area contributed by atoms with Crippen molar-refractivity contribution in [3.8, 4) is 0 Å². The number of nitrogens with zero attached hydrogens (tertiary/aromatic N) is 2. The van der Waals surface area contributed by atoms with Crippen LogP contribution in [0.5, 0.6) is 0 Å². The number of nitro groups is 1. The Kier molecular flexibility index (Phi) is 8.14. The van der Waals surface area contributed by atoms with Gasteiger partial charge in [0, 0.05) is 30.6 Å². The number of nitrogens with one attached hydrogen (secondary N) is 2. The summed E-state index contributed by atoms with van der Waals surface area (Å²) in [7, 11) is 0. The lowest BCUT2D eigenvalue weighted by Gasteiger charge is -2.32. The Hall–Kier alpha value is -3.47. The van der Waals surface area contributed by atoms with Gasteiger partial charge in [0.1, 0.15) is 5.69 Å². The standard InChI is InChI=1S/C21H24N4O6S/c26-19(23-21(28)22-10-7-16-4-3-13-32-16)14-31-20(27)15-8-11-24(12-9-15)17-5-1-2-6-18(17)25(29)30/h1-6,13,15H,7-12,14H2,(H2,22,23,26,28). The van der Waals surface area contributed by atoms with Gasteiger partial charge in [-0.15, -0.1) is 11.3 Å². The van der Waals surface area contributed by atoms with Gasteiger partial charge in [-0.05, 0) is 36.8 Å². The predicted octanol–water partition coefficient (Wildman–Crippen LogP) is 2.48. The minimum atomic E-state index is -0.704. The van der Waals surface area contributed by atoms with Gasteiger partial charge >= 0.3 is 12.0 Å². The van der Waals surface area contributed by atoms with Crippen LogP contribution in [0.4, 0.5) is 16.2 Å². The summed E-state index contributed by atoms with van der Waals surface area (Å²) in [6, 6.07) is 9.73. The number of ether oxygens (including phenoxy) is 1. The van der Waals surface area contributed by atoms with E-state index in [4.69, 9.17) is 4.74 Å². The maximum Gasteiger partial charge on any atom is 0.321 e. The third kappa shape index (κ3) is 6.51. The number of carbonyl (C=O) groups is 3. The molecule has 3 rings (SSSR count). The Morgan fingerprint density at radius 3 is 2.59 bits per heavy atom. The smallest absolute Gasteiger partial charge is 0.321 e. The Bertz CT molecular complexity index is 957. The summed E-state index contributed by atoms with van der Waals surface area (Å²) in [5.74, 6) is -1.62. The van der Waals surface area contributed by atoms with Gasteiger partial charge in [-0.3, -0.25) is 25.0 Å². The van der Waals surface area contributed by atoms with Crippen LogP contribution in [-0.2, 0) is 20.7 Å². The minimum absolute atomic E-state index is 0.0267. The van der Waals surface area contributed by atoms with Gasteiger partial charge in [0.25, 0.3) is 11.6 Å². The van der Waals surface area contributed by atoms with E-state index in [0.29, 0.717) is 44.6 Å². The highest BCUT2D eigenvalue weighted by Gasteiger charge is 2.29. The number of hydrogen-bond donors (Lipinski definition) is 2. The van der Waals surface area contributed by atoms with Gasteiger partial charge in [-0.25, -0.2) is 4.79 Å².